The average Bonchev–Trinajstić information content (AvgIpc) is 2.88. The highest BCUT2D eigenvalue weighted by molar-refractivity contribution is 5.89. The molecule has 0 bridgehead atoms. The molecule has 4 nitrogen and oxygen atoms in total. The fourth-order valence-corrected chi connectivity index (χ4v) is 3.99. The van der Waals surface area contributed by atoms with Gasteiger partial charge in [-0.3, -0.25) is 0 Å². The summed E-state index contributed by atoms with van der Waals surface area (Å²) in [6, 6.07) is 33.5. The zero-order valence-corrected chi connectivity index (χ0v) is 17.2. The lowest BCUT2D eigenvalue weighted by Crippen LogP contribution is -1.96. The topological polar surface area (TPSA) is 51.6 Å². The Morgan fingerprint density at radius 1 is 0.438 bits per heavy atom. The molecule has 4 heteroatoms. The van der Waals surface area contributed by atoms with Gasteiger partial charge in [-0.05, 0) is 45.8 Å². The number of fused-ring (bicyclic) bond motifs is 2. The largest absolute Gasteiger partial charge is 0.228 e. The Labute approximate surface area is 185 Å². The first-order valence-corrected chi connectivity index (χ1v) is 10.5. The standard InChI is InChI=1S/C28H18N4/c1-3-7-21-15-23(11-9-19(21)5-1)26-17-27(32-28(31-26)25-13-14-29-30-18-25)24-12-10-20-6-2-4-8-22(20)16-24/h1-18H. The van der Waals surface area contributed by atoms with Crippen LogP contribution >= 0.6 is 0 Å². The second-order valence-electron chi connectivity index (χ2n) is 7.72. The minimum absolute atomic E-state index is 0.633. The molecule has 0 unspecified atom stereocenters. The van der Waals surface area contributed by atoms with Gasteiger partial charge in [0.2, 0.25) is 0 Å². The summed E-state index contributed by atoms with van der Waals surface area (Å²) < 4.78 is 0. The third-order valence-electron chi connectivity index (χ3n) is 5.66. The van der Waals surface area contributed by atoms with Gasteiger partial charge in [-0.1, -0.05) is 72.8 Å². The lowest BCUT2D eigenvalue weighted by Gasteiger charge is -2.10. The van der Waals surface area contributed by atoms with Crippen LogP contribution in [0.15, 0.2) is 109 Å². The molecule has 6 rings (SSSR count). The van der Waals surface area contributed by atoms with Crippen LogP contribution in [0, 0.1) is 0 Å². The third-order valence-corrected chi connectivity index (χ3v) is 5.66. The molecule has 0 atom stereocenters. The SMILES string of the molecule is c1ccc2cc(-c3cc(-c4ccc5ccccc5c4)nc(-c4ccnnc4)n3)ccc2c1. The summed E-state index contributed by atoms with van der Waals surface area (Å²) in [5.74, 6) is 0.633. The molecule has 0 saturated heterocycles. The summed E-state index contributed by atoms with van der Waals surface area (Å²) in [6.45, 7) is 0. The summed E-state index contributed by atoms with van der Waals surface area (Å²) in [5, 5.41) is 12.7. The molecule has 4 aromatic carbocycles. The zero-order valence-electron chi connectivity index (χ0n) is 17.2. The smallest absolute Gasteiger partial charge is 0.162 e. The maximum Gasteiger partial charge on any atom is 0.162 e. The Morgan fingerprint density at radius 2 is 1.00 bits per heavy atom. The van der Waals surface area contributed by atoms with E-state index < -0.39 is 0 Å². The number of aromatic nitrogens is 4. The molecule has 0 spiro atoms. The average molecular weight is 410 g/mol. The van der Waals surface area contributed by atoms with Gasteiger partial charge in [-0.2, -0.15) is 10.2 Å². The Balaban J connectivity index is 1.56. The molecule has 2 heterocycles. The van der Waals surface area contributed by atoms with Crippen LogP contribution in [-0.2, 0) is 0 Å². The lowest BCUT2D eigenvalue weighted by molar-refractivity contribution is 1.02. The normalized spacial score (nSPS) is 11.1. The zero-order chi connectivity index (χ0) is 21.3. The van der Waals surface area contributed by atoms with E-state index in [1.807, 2.05) is 6.07 Å². The molecule has 150 valence electrons. The van der Waals surface area contributed by atoms with E-state index in [4.69, 9.17) is 9.97 Å². The number of hydrogen-bond donors (Lipinski definition) is 0. The molecule has 0 fully saturated rings. The quantitative estimate of drug-likeness (QED) is 0.331. The molecule has 0 aliphatic rings. The summed E-state index contributed by atoms with van der Waals surface area (Å²) in [4.78, 5) is 9.78. The number of rotatable bonds is 3. The van der Waals surface area contributed by atoms with E-state index in [0.29, 0.717) is 5.82 Å². The highest BCUT2D eigenvalue weighted by Gasteiger charge is 2.12. The van der Waals surface area contributed by atoms with Crippen LogP contribution in [-0.4, -0.2) is 20.2 Å². The van der Waals surface area contributed by atoms with Crippen LogP contribution in [0.2, 0.25) is 0 Å². The van der Waals surface area contributed by atoms with Gasteiger partial charge in [-0.25, -0.2) is 9.97 Å². The first-order valence-electron chi connectivity index (χ1n) is 10.5. The minimum Gasteiger partial charge on any atom is -0.228 e. The van der Waals surface area contributed by atoms with Gasteiger partial charge in [0, 0.05) is 16.7 Å². The van der Waals surface area contributed by atoms with E-state index in [0.717, 1.165) is 28.1 Å². The van der Waals surface area contributed by atoms with Gasteiger partial charge in [0.1, 0.15) is 0 Å². The molecule has 0 saturated carbocycles. The van der Waals surface area contributed by atoms with Crippen molar-refractivity contribution in [1.82, 2.24) is 20.2 Å². The van der Waals surface area contributed by atoms with Gasteiger partial charge in [0.05, 0.1) is 23.8 Å². The fourth-order valence-electron chi connectivity index (χ4n) is 3.99. The van der Waals surface area contributed by atoms with Crippen molar-refractivity contribution in [2.75, 3.05) is 0 Å². The van der Waals surface area contributed by atoms with Crippen LogP contribution in [0.1, 0.15) is 0 Å². The molecule has 0 radical (unpaired) electrons. The fraction of sp³-hybridized carbons (Fsp3) is 0. The number of benzene rings is 4. The summed E-state index contributed by atoms with van der Waals surface area (Å²) in [6.07, 6.45) is 3.36. The van der Waals surface area contributed by atoms with Gasteiger partial charge in [0.25, 0.3) is 0 Å². The first-order chi connectivity index (χ1) is 15.8. The Bertz CT molecular complexity index is 1480. The van der Waals surface area contributed by atoms with Gasteiger partial charge < -0.3 is 0 Å². The van der Waals surface area contributed by atoms with E-state index in [1.165, 1.54) is 21.5 Å². The van der Waals surface area contributed by atoms with Gasteiger partial charge in [0.15, 0.2) is 5.82 Å². The van der Waals surface area contributed by atoms with E-state index in [-0.39, 0.29) is 0 Å². The summed E-state index contributed by atoms with van der Waals surface area (Å²) in [7, 11) is 0. The van der Waals surface area contributed by atoms with Crippen LogP contribution in [0.4, 0.5) is 0 Å². The highest BCUT2D eigenvalue weighted by Crippen LogP contribution is 2.30. The van der Waals surface area contributed by atoms with Crippen LogP contribution < -0.4 is 0 Å². The van der Waals surface area contributed by atoms with Crippen molar-refractivity contribution in [2.24, 2.45) is 0 Å². The number of hydrogen-bond acceptors (Lipinski definition) is 4. The molecule has 32 heavy (non-hydrogen) atoms. The molecule has 0 aliphatic carbocycles. The predicted octanol–water partition coefficient (Wildman–Crippen LogP) is 6.57. The van der Waals surface area contributed by atoms with E-state index in [1.54, 1.807) is 12.4 Å². The predicted molar refractivity (Wildman–Crippen MR) is 129 cm³/mol. The molecule has 6 aromatic rings. The highest BCUT2D eigenvalue weighted by atomic mass is 15.1. The second-order valence-corrected chi connectivity index (χ2v) is 7.72. The van der Waals surface area contributed by atoms with Crippen molar-refractivity contribution in [1.29, 1.82) is 0 Å². The Kier molecular flexibility index (Phi) is 4.40. The molecular formula is C28H18N4. The minimum atomic E-state index is 0.633. The molecule has 0 aliphatic heterocycles. The van der Waals surface area contributed by atoms with Crippen molar-refractivity contribution < 1.29 is 0 Å². The van der Waals surface area contributed by atoms with Crippen LogP contribution in [0.5, 0.6) is 0 Å². The van der Waals surface area contributed by atoms with E-state index in [9.17, 15) is 0 Å². The molecule has 0 N–H and O–H groups in total. The van der Waals surface area contributed by atoms with Crippen molar-refractivity contribution in [2.45, 2.75) is 0 Å². The Hall–Kier alpha value is -4.44. The summed E-state index contributed by atoms with van der Waals surface area (Å²) >= 11 is 0. The monoisotopic (exact) mass is 410 g/mol. The number of nitrogens with zero attached hydrogens (tertiary/aromatic N) is 4. The molecule has 2 aromatic heterocycles. The summed E-state index contributed by atoms with van der Waals surface area (Å²) in [5.41, 5.74) is 4.69. The first kappa shape index (κ1) is 18.3. The van der Waals surface area contributed by atoms with Gasteiger partial charge in [-0.15, -0.1) is 0 Å². The van der Waals surface area contributed by atoms with E-state index in [2.05, 4.69) is 101 Å². The van der Waals surface area contributed by atoms with E-state index >= 15 is 0 Å². The van der Waals surface area contributed by atoms with Crippen molar-refractivity contribution >= 4 is 21.5 Å². The molecular weight excluding hydrogens is 392 g/mol. The third kappa shape index (κ3) is 3.38. The Morgan fingerprint density at radius 3 is 1.53 bits per heavy atom. The van der Waals surface area contributed by atoms with Crippen LogP contribution in [0.3, 0.4) is 0 Å². The maximum absolute atomic E-state index is 4.89. The van der Waals surface area contributed by atoms with Crippen molar-refractivity contribution in [3.63, 3.8) is 0 Å². The maximum atomic E-state index is 4.89. The lowest BCUT2D eigenvalue weighted by atomic mass is 10.0. The van der Waals surface area contributed by atoms with Crippen LogP contribution in [0.25, 0.3) is 55.4 Å². The van der Waals surface area contributed by atoms with Crippen molar-refractivity contribution in [3.05, 3.63) is 109 Å². The van der Waals surface area contributed by atoms with Gasteiger partial charge >= 0.3 is 0 Å². The molecule has 0 amide bonds. The second kappa shape index (κ2) is 7.67. The van der Waals surface area contributed by atoms with Crippen molar-refractivity contribution in [3.8, 4) is 33.9 Å².